The van der Waals surface area contributed by atoms with Crippen molar-refractivity contribution in [3.63, 3.8) is 0 Å². The molecule has 0 fully saturated rings. The zero-order valence-corrected chi connectivity index (χ0v) is 13.5. The molecule has 0 bridgehead atoms. The van der Waals surface area contributed by atoms with Gasteiger partial charge in [-0.2, -0.15) is 0 Å². The molecule has 1 aromatic heterocycles. The summed E-state index contributed by atoms with van der Waals surface area (Å²) in [5.74, 6) is 0.215. The molecule has 0 unspecified atom stereocenters. The van der Waals surface area contributed by atoms with Gasteiger partial charge in [-0.05, 0) is 18.9 Å². The summed E-state index contributed by atoms with van der Waals surface area (Å²) in [5.41, 5.74) is 1.46. The Bertz CT molecular complexity index is 708. The van der Waals surface area contributed by atoms with E-state index < -0.39 is 0 Å². The third-order valence-electron chi connectivity index (χ3n) is 3.50. The first kappa shape index (κ1) is 16.8. The van der Waals surface area contributed by atoms with Crippen molar-refractivity contribution in [1.29, 1.82) is 0 Å². The fourth-order valence-electron chi connectivity index (χ4n) is 2.21. The number of hydrogen-bond acceptors (Lipinski definition) is 3. The molecule has 0 spiro atoms. The van der Waals surface area contributed by atoms with E-state index in [1.54, 1.807) is 17.7 Å². The number of carbonyl (C=O) groups excluding carboxylic acids is 1. The Kier molecular flexibility index (Phi) is 5.97. The molecule has 1 N–H and O–H groups in total. The standard InChI is InChI=1S/C18H22N2O3/c1-3-10-19-17(22)12-20-11-9-16(21)18(14(20)2)23-13-15-7-5-4-6-8-15/h4-9,11H,3,10,12-13H2,1-2H3,(H,19,22). The molecule has 0 saturated heterocycles. The summed E-state index contributed by atoms with van der Waals surface area (Å²) >= 11 is 0. The van der Waals surface area contributed by atoms with Crippen LogP contribution in [-0.2, 0) is 17.9 Å². The van der Waals surface area contributed by atoms with Gasteiger partial charge >= 0.3 is 0 Å². The van der Waals surface area contributed by atoms with Crippen LogP contribution >= 0.6 is 0 Å². The lowest BCUT2D eigenvalue weighted by Gasteiger charge is -2.14. The average molecular weight is 314 g/mol. The van der Waals surface area contributed by atoms with Crippen LogP contribution in [0.3, 0.4) is 0 Å². The van der Waals surface area contributed by atoms with E-state index in [2.05, 4.69) is 5.32 Å². The molecule has 5 heteroatoms. The van der Waals surface area contributed by atoms with E-state index in [0.717, 1.165) is 12.0 Å². The molecular formula is C18H22N2O3. The number of nitrogens with zero attached hydrogens (tertiary/aromatic N) is 1. The lowest BCUT2D eigenvalue weighted by molar-refractivity contribution is -0.121. The zero-order valence-electron chi connectivity index (χ0n) is 13.5. The third kappa shape index (κ3) is 4.71. The lowest BCUT2D eigenvalue weighted by atomic mass is 10.2. The Balaban J connectivity index is 2.11. The average Bonchev–Trinajstić information content (AvgIpc) is 2.56. The first-order valence-electron chi connectivity index (χ1n) is 7.75. The van der Waals surface area contributed by atoms with E-state index in [9.17, 15) is 9.59 Å². The van der Waals surface area contributed by atoms with Crippen molar-refractivity contribution in [2.75, 3.05) is 6.54 Å². The number of rotatable bonds is 7. The van der Waals surface area contributed by atoms with E-state index in [4.69, 9.17) is 4.74 Å². The molecule has 1 amide bonds. The fourth-order valence-corrected chi connectivity index (χ4v) is 2.21. The van der Waals surface area contributed by atoms with Crippen molar-refractivity contribution in [2.24, 2.45) is 0 Å². The van der Waals surface area contributed by atoms with Gasteiger partial charge in [-0.1, -0.05) is 37.3 Å². The predicted octanol–water partition coefficient (Wildman–Crippen LogP) is 2.26. The van der Waals surface area contributed by atoms with Crippen LogP contribution in [-0.4, -0.2) is 17.0 Å². The van der Waals surface area contributed by atoms with Crippen LogP contribution in [0.25, 0.3) is 0 Å². The quantitative estimate of drug-likeness (QED) is 0.853. The Morgan fingerprint density at radius 3 is 2.65 bits per heavy atom. The summed E-state index contributed by atoms with van der Waals surface area (Å²) in [7, 11) is 0. The van der Waals surface area contributed by atoms with Crippen molar-refractivity contribution >= 4 is 5.91 Å². The maximum Gasteiger partial charge on any atom is 0.239 e. The molecular weight excluding hydrogens is 292 g/mol. The van der Waals surface area contributed by atoms with E-state index in [1.807, 2.05) is 37.3 Å². The highest BCUT2D eigenvalue weighted by atomic mass is 16.5. The summed E-state index contributed by atoms with van der Waals surface area (Å²) < 4.78 is 7.42. The van der Waals surface area contributed by atoms with Crippen LogP contribution in [0.1, 0.15) is 24.6 Å². The summed E-state index contributed by atoms with van der Waals surface area (Å²) in [6.45, 7) is 4.93. The number of amides is 1. The number of nitrogens with one attached hydrogen (secondary N) is 1. The highest BCUT2D eigenvalue weighted by molar-refractivity contribution is 5.75. The Morgan fingerprint density at radius 2 is 1.96 bits per heavy atom. The Labute approximate surface area is 135 Å². The molecule has 23 heavy (non-hydrogen) atoms. The summed E-state index contributed by atoms with van der Waals surface area (Å²) in [4.78, 5) is 23.9. The maximum atomic E-state index is 12.0. The topological polar surface area (TPSA) is 60.3 Å². The van der Waals surface area contributed by atoms with E-state index in [1.165, 1.54) is 6.07 Å². The van der Waals surface area contributed by atoms with Gasteiger partial charge in [-0.3, -0.25) is 9.59 Å². The van der Waals surface area contributed by atoms with Crippen LogP contribution in [0.4, 0.5) is 0 Å². The van der Waals surface area contributed by atoms with Gasteiger partial charge in [0.15, 0.2) is 5.75 Å². The number of carbonyl (C=O) groups is 1. The van der Waals surface area contributed by atoms with Crippen LogP contribution < -0.4 is 15.5 Å². The van der Waals surface area contributed by atoms with Gasteiger partial charge in [0.25, 0.3) is 0 Å². The SMILES string of the molecule is CCCNC(=O)Cn1ccc(=O)c(OCc2ccccc2)c1C. The van der Waals surface area contributed by atoms with Crippen LogP contribution in [0.2, 0.25) is 0 Å². The van der Waals surface area contributed by atoms with Crippen LogP contribution in [0.5, 0.6) is 5.75 Å². The van der Waals surface area contributed by atoms with Gasteiger partial charge in [-0.25, -0.2) is 0 Å². The van der Waals surface area contributed by atoms with Crippen LogP contribution in [0, 0.1) is 6.92 Å². The largest absolute Gasteiger partial charge is 0.483 e. The fraction of sp³-hybridized carbons (Fsp3) is 0.333. The molecule has 2 rings (SSSR count). The number of aromatic nitrogens is 1. The van der Waals surface area contributed by atoms with Gasteiger partial charge in [0.2, 0.25) is 11.3 Å². The smallest absolute Gasteiger partial charge is 0.239 e. The van der Waals surface area contributed by atoms with Crippen molar-refractivity contribution in [2.45, 2.75) is 33.4 Å². The van der Waals surface area contributed by atoms with Crippen molar-refractivity contribution in [1.82, 2.24) is 9.88 Å². The van der Waals surface area contributed by atoms with E-state index in [-0.39, 0.29) is 17.9 Å². The normalized spacial score (nSPS) is 10.3. The van der Waals surface area contributed by atoms with Crippen molar-refractivity contribution < 1.29 is 9.53 Å². The third-order valence-corrected chi connectivity index (χ3v) is 3.50. The van der Waals surface area contributed by atoms with Gasteiger partial charge in [0, 0.05) is 18.8 Å². The van der Waals surface area contributed by atoms with E-state index in [0.29, 0.717) is 24.6 Å². The first-order chi connectivity index (χ1) is 11.1. The first-order valence-corrected chi connectivity index (χ1v) is 7.75. The Morgan fingerprint density at radius 1 is 1.22 bits per heavy atom. The number of pyridine rings is 1. The summed E-state index contributed by atoms with van der Waals surface area (Å²) in [6, 6.07) is 11.1. The van der Waals surface area contributed by atoms with Gasteiger partial charge < -0.3 is 14.6 Å². The number of hydrogen-bond donors (Lipinski definition) is 1. The zero-order chi connectivity index (χ0) is 16.7. The Hall–Kier alpha value is -2.56. The second-order valence-corrected chi connectivity index (χ2v) is 5.35. The van der Waals surface area contributed by atoms with Crippen LogP contribution in [0.15, 0.2) is 47.4 Å². The molecule has 2 aromatic rings. The number of benzene rings is 1. The predicted molar refractivity (Wildman–Crippen MR) is 89.5 cm³/mol. The molecule has 122 valence electrons. The second kappa shape index (κ2) is 8.17. The minimum absolute atomic E-state index is 0.0763. The molecule has 0 aliphatic carbocycles. The molecule has 0 saturated carbocycles. The van der Waals surface area contributed by atoms with Gasteiger partial charge in [-0.15, -0.1) is 0 Å². The van der Waals surface area contributed by atoms with Gasteiger partial charge in [0.05, 0.1) is 5.69 Å². The van der Waals surface area contributed by atoms with Crippen molar-refractivity contribution in [3.8, 4) is 5.75 Å². The highest BCUT2D eigenvalue weighted by Crippen LogP contribution is 2.14. The number of ether oxygens (including phenoxy) is 1. The molecule has 5 nitrogen and oxygen atoms in total. The minimum atomic E-state index is -0.177. The lowest BCUT2D eigenvalue weighted by Crippen LogP contribution is -2.29. The minimum Gasteiger partial charge on any atom is -0.483 e. The van der Waals surface area contributed by atoms with Crippen molar-refractivity contribution in [3.05, 3.63) is 64.1 Å². The molecule has 1 heterocycles. The second-order valence-electron chi connectivity index (χ2n) is 5.35. The highest BCUT2D eigenvalue weighted by Gasteiger charge is 2.11. The molecule has 0 atom stereocenters. The van der Waals surface area contributed by atoms with Gasteiger partial charge in [0.1, 0.15) is 13.2 Å². The molecule has 0 radical (unpaired) electrons. The molecule has 0 aliphatic rings. The monoisotopic (exact) mass is 314 g/mol. The molecule has 0 aliphatic heterocycles. The van der Waals surface area contributed by atoms with E-state index >= 15 is 0 Å². The summed E-state index contributed by atoms with van der Waals surface area (Å²) in [6.07, 6.45) is 2.51. The summed E-state index contributed by atoms with van der Waals surface area (Å²) in [5, 5.41) is 2.82. The maximum absolute atomic E-state index is 12.0. The molecule has 1 aromatic carbocycles.